The molecule has 1 unspecified atom stereocenters. The number of aliphatic hydroxyl groups excluding tert-OH is 1. The number of carboxylic acids is 1. The molecule has 112 valence electrons. The summed E-state index contributed by atoms with van der Waals surface area (Å²) < 4.78 is 0. The van der Waals surface area contributed by atoms with E-state index >= 15 is 0 Å². The lowest BCUT2D eigenvalue weighted by molar-refractivity contribution is -0.894. The van der Waals surface area contributed by atoms with Crippen molar-refractivity contribution in [2.75, 3.05) is 20.2 Å². The number of likely N-dealkylation sites (N-methyl/N-ethyl adjacent to an activating group) is 1. The van der Waals surface area contributed by atoms with Gasteiger partial charge in [0.15, 0.2) is 0 Å². The van der Waals surface area contributed by atoms with Crippen LogP contribution in [0.5, 0.6) is 0 Å². The predicted octanol–water partition coefficient (Wildman–Crippen LogP) is -0.511. The van der Waals surface area contributed by atoms with Crippen LogP contribution in [0.25, 0.3) is 10.6 Å². The molecule has 0 aliphatic rings. The largest absolute Gasteiger partial charge is 0.544 e. The molecule has 0 saturated carbocycles. The number of benzene rings is 1. The number of rotatable bonds is 6. The fourth-order valence-electron chi connectivity index (χ4n) is 2.19. The van der Waals surface area contributed by atoms with E-state index in [4.69, 9.17) is 5.11 Å². The molecule has 0 aliphatic heterocycles. The van der Waals surface area contributed by atoms with Crippen LogP contribution in [-0.2, 0) is 6.54 Å². The zero-order valence-electron chi connectivity index (χ0n) is 12.0. The van der Waals surface area contributed by atoms with Gasteiger partial charge in [-0.05, 0) is 6.92 Å². The van der Waals surface area contributed by atoms with Gasteiger partial charge in [0.2, 0.25) is 0 Å². The van der Waals surface area contributed by atoms with Crippen LogP contribution in [0.15, 0.2) is 24.3 Å². The normalized spacial score (nSPS) is 12.3. The second-order valence-electron chi connectivity index (χ2n) is 4.99. The van der Waals surface area contributed by atoms with Crippen LogP contribution in [0, 0.1) is 6.92 Å². The molecule has 0 fully saturated rings. The van der Waals surface area contributed by atoms with Crippen molar-refractivity contribution in [1.29, 1.82) is 0 Å². The maximum Gasteiger partial charge on any atom is 0.124 e. The van der Waals surface area contributed by atoms with Gasteiger partial charge in [-0.2, -0.15) is 0 Å². The van der Waals surface area contributed by atoms with Crippen molar-refractivity contribution in [3.8, 4) is 10.6 Å². The number of quaternary nitrogens is 1. The van der Waals surface area contributed by atoms with E-state index in [1.165, 1.54) is 4.90 Å². The number of nitrogens with zero attached hydrogens (tertiary/aromatic N) is 1. The molecule has 1 aromatic carbocycles. The molecule has 0 amide bonds. The van der Waals surface area contributed by atoms with Crippen molar-refractivity contribution >= 4 is 17.3 Å². The molecule has 0 bridgehead atoms. The van der Waals surface area contributed by atoms with E-state index < -0.39 is 5.97 Å². The van der Waals surface area contributed by atoms with Crippen molar-refractivity contribution in [3.63, 3.8) is 0 Å². The summed E-state index contributed by atoms with van der Waals surface area (Å²) in [7, 11) is 2.01. The van der Waals surface area contributed by atoms with Crippen LogP contribution < -0.4 is 10.0 Å². The highest BCUT2D eigenvalue weighted by molar-refractivity contribution is 7.17. The van der Waals surface area contributed by atoms with E-state index in [1.54, 1.807) is 6.92 Å². The number of hydrogen-bond donors (Lipinski definition) is 2. The summed E-state index contributed by atoms with van der Waals surface area (Å²) in [5.74, 6) is -1.18. The van der Waals surface area contributed by atoms with Gasteiger partial charge in [-0.3, -0.25) is 0 Å². The van der Waals surface area contributed by atoms with Crippen molar-refractivity contribution < 1.29 is 19.9 Å². The second-order valence-corrected chi connectivity index (χ2v) is 5.98. The van der Waals surface area contributed by atoms with Gasteiger partial charge < -0.3 is 19.9 Å². The zero-order chi connectivity index (χ0) is 15.4. The SMILES string of the molecule is Cc1nc(-c2ccccc2C[NH+](C)CCO)sc1C(=O)[O-]. The van der Waals surface area contributed by atoms with Crippen LogP contribution in [0.3, 0.4) is 0 Å². The predicted molar refractivity (Wildman–Crippen MR) is 79.2 cm³/mol. The number of carbonyl (C=O) groups is 1. The van der Waals surface area contributed by atoms with Crippen LogP contribution in [0.4, 0.5) is 0 Å². The molecule has 21 heavy (non-hydrogen) atoms. The molecule has 1 heterocycles. The molecule has 1 atom stereocenters. The first kappa shape index (κ1) is 15.6. The molecule has 2 rings (SSSR count). The number of carbonyl (C=O) groups excluding carboxylic acids is 1. The molecule has 2 N–H and O–H groups in total. The average Bonchev–Trinajstić information content (AvgIpc) is 2.81. The van der Waals surface area contributed by atoms with Crippen LogP contribution >= 0.6 is 11.3 Å². The molecular weight excluding hydrogens is 288 g/mol. The number of hydrogen-bond acceptors (Lipinski definition) is 5. The number of aliphatic hydroxyl groups is 1. The number of aromatic nitrogens is 1. The van der Waals surface area contributed by atoms with Crippen LogP contribution in [0.2, 0.25) is 0 Å². The average molecular weight is 306 g/mol. The number of aryl methyl sites for hydroxylation is 1. The number of thiazole rings is 1. The second kappa shape index (κ2) is 6.80. The Bertz CT molecular complexity index is 640. The Hall–Kier alpha value is -1.76. The molecule has 0 aliphatic carbocycles. The minimum Gasteiger partial charge on any atom is -0.544 e. The third kappa shape index (κ3) is 3.66. The Morgan fingerprint density at radius 1 is 1.43 bits per heavy atom. The van der Waals surface area contributed by atoms with E-state index in [2.05, 4.69) is 4.98 Å². The Morgan fingerprint density at radius 3 is 2.76 bits per heavy atom. The van der Waals surface area contributed by atoms with Crippen molar-refractivity contribution in [2.24, 2.45) is 0 Å². The molecule has 1 aromatic heterocycles. The van der Waals surface area contributed by atoms with Gasteiger partial charge in [0.1, 0.15) is 18.1 Å². The first-order chi connectivity index (χ1) is 10.0. The fraction of sp³-hybridized carbons (Fsp3) is 0.333. The topological polar surface area (TPSA) is 77.7 Å². The molecule has 0 radical (unpaired) electrons. The summed E-state index contributed by atoms with van der Waals surface area (Å²) in [6.45, 7) is 3.22. The van der Waals surface area contributed by atoms with Crippen molar-refractivity contribution in [1.82, 2.24) is 4.98 Å². The number of carboxylic acid groups (broad SMARTS) is 1. The summed E-state index contributed by atoms with van der Waals surface area (Å²) in [6.07, 6.45) is 0. The summed E-state index contributed by atoms with van der Waals surface area (Å²) in [4.78, 5) is 16.8. The number of nitrogens with one attached hydrogen (secondary N) is 1. The van der Waals surface area contributed by atoms with E-state index in [0.717, 1.165) is 29.0 Å². The minimum atomic E-state index is -1.18. The van der Waals surface area contributed by atoms with Gasteiger partial charge in [0, 0.05) is 11.1 Å². The zero-order valence-corrected chi connectivity index (χ0v) is 12.9. The molecular formula is C15H18N2O3S. The van der Waals surface area contributed by atoms with Gasteiger partial charge in [0.05, 0.1) is 30.2 Å². The summed E-state index contributed by atoms with van der Waals surface area (Å²) >= 11 is 1.14. The summed E-state index contributed by atoms with van der Waals surface area (Å²) in [5, 5.41) is 20.7. The lowest BCUT2D eigenvalue weighted by Crippen LogP contribution is -3.08. The maximum atomic E-state index is 11.0. The van der Waals surface area contributed by atoms with Crippen LogP contribution in [-0.4, -0.2) is 36.3 Å². The summed E-state index contributed by atoms with van der Waals surface area (Å²) in [5.41, 5.74) is 2.51. The first-order valence-corrected chi connectivity index (χ1v) is 7.53. The maximum absolute atomic E-state index is 11.0. The van der Waals surface area contributed by atoms with E-state index in [0.29, 0.717) is 17.2 Å². The van der Waals surface area contributed by atoms with Crippen LogP contribution in [0.1, 0.15) is 20.9 Å². The molecule has 0 spiro atoms. The Morgan fingerprint density at radius 2 is 2.14 bits per heavy atom. The Balaban J connectivity index is 2.35. The van der Waals surface area contributed by atoms with Gasteiger partial charge >= 0.3 is 0 Å². The van der Waals surface area contributed by atoms with E-state index in [9.17, 15) is 9.90 Å². The number of aromatic carboxylic acids is 1. The molecule has 6 heteroatoms. The highest BCUT2D eigenvalue weighted by Gasteiger charge is 2.15. The third-order valence-corrected chi connectivity index (χ3v) is 4.43. The molecule has 5 nitrogen and oxygen atoms in total. The highest BCUT2D eigenvalue weighted by Crippen LogP contribution is 2.29. The summed E-state index contributed by atoms with van der Waals surface area (Å²) in [6, 6.07) is 7.81. The van der Waals surface area contributed by atoms with Crippen molar-refractivity contribution in [3.05, 3.63) is 40.4 Å². The van der Waals surface area contributed by atoms with E-state index in [-0.39, 0.29) is 11.5 Å². The lowest BCUT2D eigenvalue weighted by Gasteiger charge is -2.14. The Kier molecular flexibility index (Phi) is 5.06. The standard InChI is InChI=1S/C15H18N2O3S/c1-10-13(15(19)20)21-14(16-10)12-6-4-3-5-11(12)9-17(2)7-8-18/h3-6,18H,7-9H2,1-2H3,(H,19,20). The van der Waals surface area contributed by atoms with Gasteiger partial charge in [-0.15, -0.1) is 11.3 Å². The van der Waals surface area contributed by atoms with Gasteiger partial charge in [-0.1, -0.05) is 24.3 Å². The highest BCUT2D eigenvalue weighted by atomic mass is 32.1. The Labute approximate surface area is 127 Å². The lowest BCUT2D eigenvalue weighted by atomic mass is 10.1. The van der Waals surface area contributed by atoms with Crippen molar-refractivity contribution in [2.45, 2.75) is 13.5 Å². The monoisotopic (exact) mass is 306 g/mol. The fourth-order valence-corrected chi connectivity index (χ4v) is 3.15. The first-order valence-electron chi connectivity index (χ1n) is 6.72. The van der Waals surface area contributed by atoms with Gasteiger partial charge in [-0.25, -0.2) is 4.98 Å². The molecule has 0 saturated heterocycles. The van der Waals surface area contributed by atoms with E-state index in [1.807, 2.05) is 31.3 Å². The quantitative estimate of drug-likeness (QED) is 0.753. The minimum absolute atomic E-state index is 0.138. The third-order valence-electron chi connectivity index (χ3n) is 3.26. The smallest absolute Gasteiger partial charge is 0.124 e. The van der Waals surface area contributed by atoms with Gasteiger partial charge in [0.25, 0.3) is 0 Å². The molecule has 2 aromatic rings.